The second-order valence-electron chi connectivity index (χ2n) is 9.99. The predicted molar refractivity (Wildman–Crippen MR) is 143 cm³/mol. The van der Waals surface area contributed by atoms with Crippen LogP contribution in [0.25, 0.3) is 11.3 Å². The summed E-state index contributed by atoms with van der Waals surface area (Å²) < 4.78 is 2.01. The van der Waals surface area contributed by atoms with Crippen molar-refractivity contribution >= 4 is 12.0 Å². The molecule has 1 saturated heterocycles. The molecular formula is C29H32N6O3. The molecule has 0 spiro atoms. The van der Waals surface area contributed by atoms with Crippen LogP contribution in [0.3, 0.4) is 0 Å². The molecule has 5 rings (SSSR count). The predicted octanol–water partition coefficient (Wildman–Crippen LogP) is 3.83. The number of rotatable bonds is 6. The monoisotopic (exact) mass is 512 g/mol. The first-order valence-electron chi connectivity index (χ1n) is 13.2. The van der Waals surface area contributed by atoms with Crippen molar-refractivity contribution in [3.8, 4) is 17.3 Å². The lowest BCUT2D eigenvalue weighted by Gasteiger charge is -2.36. The minimum absolute atomic E-state index is 0.0611. The summed E-state index contributed by atoms with van der Waals surface area (Å²) in [5.74, 6) is -0.124. The number of amides is 2. The molecule has 2 aliphatic rings. The van der Waals surface area contributed by atoms with Gasteiger partial charge in [0.1, 0.15) is 0 Å². The molecule has 2 heterocycles. The Kier molecular flexibility index (Phi) is 7.70. The maximum Gasteiger partial charge on any atom is 0.404 e. The molecule has 38 heavy (non-hydrogen) atoms. The maximum absolute atomic E-state index is 14.1. The average Bonchev–Trinajstić information content (AvgIpc) is 3.39. The van der Waals surface area contributed by atoms with Gasteiger partial charge in [-0.3, -0.25) is 4.79 Å². The first-order valence-corrected chi connectivity index (χ1v) is 13.2. The number of nitrogens with zero attached hydrogens (tertiary/aromatic N) is 4. The van der Waals surface area contributed by atoms with Crippen LogP contribution < -0.4 is 10.6 Å². The Morgan fingerprint density at radius 2 is 1.87 bits per heavy atom. The molecule has 196 valence electrons. The Bertz CT molecular complexity index is 1310. The van der Waals surface area contributed by atoms with Gasteiger partial charge in [-0.2, -0.15) is 5.26 Å². The van der Waals surface area contributed by atoms with Crippen molar-refractivity contribution in [1.29, 1.82) is 5.26 Å². The van der Waals surface area contributed by atoms with Gasteiger partial charge in [0.25, 0.3) is 5.91 Å². The highest BCUT2D eigenvalue weighted by Gasteiger charge is 2.35. The molecule has 2 amide bonds. The standard InChI is InChI=1S/C29H32N6O3/c30-17-21-12-10-20(11-13-21)16-23-18-31-14-15-34(23)28(36)26-27(22-6-2-1-3-7-22)35(19-32-26)25-9-5-4-8-24(25)33-29(37)38/h1-3,6-7,10-13,19,23-25,31,33H,4-5,8-9,14-16,18H2,(H,37,38)/t23-,24+,25+/m1/s1. The molecule has 0 bridgehead atoms. The van der Waals surface area contributed by atoms with Crippen LogP contribution in [0.15, 0.2) is 60.9 Å². The van der Waals surface area contributed by atoms with Crippen molar-refractivity contribution < 1.29 is 14.7 Å². The summed E-state index contributed by atoms with van der Waals surface area (Å²) in [4.78, 5) is 32.2. The number of piperazine rings is 1. The van der Waals surface area contributed by atoms with Crippen molar-refractivity contribution in [2.75, 3.05) is 19.6 Å². The Hall–Kier alpha value is -4.16. The Labute approximate surface area is 222 Å². The van der Waals surface area contributed by atoms with Crippen molar-refractivity contribution in [2.45, 2.75) is 50.2 Å². The molecule has 1 aliphatic carbocycles. The summed E-state index contributed by atoms with van der Waals surface area (Å²) in [7, 11) is 0. The quantitative estimate of drug-likeness (QED) is 0.461. The summed E-state index contributed by atoms with van der Waals surface area (Å²) in [5, 5.41) is 24.7. The largest absolute Gasteiger partial charge is 0.465 e. The minimum Gasteiger partial charge on any atom is -0.465 e. The van der Waals surface area contributed by atoms with E-state index in [2.05, 4.69) is 21.7 Å². The SMILES string of the molecule is N#Cc1ccc(C[C@@H]2CNCCN2C(=O)c2ncn([C@H]3CCCC[C@@H]3NC(=O)O)c2-c2ccccc2)cc1. The summed E-state index contributed by atoms with van der Waals surface area (Å²) in [6.45, 7) is 1.93. The number of nitriles is 1. The van der Waals surface area contributed by atoms with Crippen LogP contribution in [0, 0.1) is 11.3 Å². The van der Waals surface area contributed by atoms with Gasteiger partial charge in [0.15, 0.2) is 5.69 Å². The maximum atomic E-state index is 14.1. The van der Waals surface area contributed by atoms with E-state index in [-0.39, 0.29) is 24.0 Å². The minimum atomic E-state index is -1.04. The number of aromatic nitrogens is 2. The van der Waals surface area contributed by atoms with E-state index in [4.69, 9.17) is 5.26 Å². The molecule has 9 nitrogen and oxygen atoms in total. The Morgan fingerprint density at radius 3 is 2.61 bits per heavy atom. The van der Waals surface area contributed by atoms with Gasteiger partial charge in [-0.25, -0.2) is 9.78 Å². The lowest BCUT2D eigenvalue weighted by molar-refractivity contribution is 0.0631. The first kappa shape index (κ1) is 25.5. The third-order valence-corrected chi connectivity index (χ3v) is 7.60. The van der Waals surface area contributed by atoms with Crippen LogP contribution in [-0.4, -0.2) is 63.3 Å². The van der Waals surface area contributed by atoms with E-state index in [1.54, 1.807) is 18.5 Å². The van der Waals surface area contributed by atoms with Gasteiger partial charge < -0.3 is 25.2 Å². The fourth-order valence-corrected chi connectivity index (χ4v) is 5.76. The van der Waals surface area contributed by atoms with Gasteiger partial charge in [-0.15, -0.1) is 0 Å². The molecular weight excluding hydrogens is 480 g/mol. The molecule has 1 aliphatic heterocycles. The molecule has 1 aromatic heterocycles. The lowest BCUT2D eigenvalue weighted by Crippen LogP contribution is -2.54. The van der Waals surface area contributed by atoms with E-state index >= 15 is 0 Å². The fraction of sp³-hybridized carbons (Fsp3) is 0.379. The normalized spacial score (nSPS) is 21.4. The second-order valence-corrected chi connectivity index (χ2v) is 9.99. The van der Waals surface area contributed by atoms with Gasteiger partial charge >= 0.3 is 6.09 Å². The van der Waals surface area contributed by atoms with Crippen LogP contribution in [0.2, 0.25) is 0 Å². The molecule has 3 aromatic rings. The van der Waals surface area contributed by atoms with Crippen molar-refractivity contribution in [2.24, 2.45) is 0 Å². The van der Waals surface area contributed by atoms with Gasteiger partial charge in [0.05, 0.1) is 35.7 Å². The molecule has 0 radical (unpaired) electrons. The first-order chi connectivity index (χ1) is 18.5. The third kappa shape index (κ3) is 5.41. The van der Waals surface area contributed by atoms with Crippen LogP contribution in [-0.2, 0) is 6.42 Å². The molecule has 2 fully saturated rings. The Morgan fingerprint density at radius 1 is 1.11 bits per heavy atom. The fourth-order valence-electron chi connectivity index (χ4n) is 5.76. The van der Waals surface area contributed by atoms with Crippen molar-refractivity contribution in [3.63, 3.8) is 0 Å². The zero-order chi connectivity index (χ0) is 26.5. The number of hydrogen-bond acceptors (Lipinski definition) is 5. The molecule has 3 N–H and O–H groups in total. The average molecular weight is 513 g/mol. The summed E-state index contributed by atoms with van der Waals surface area (Å²) in [5.41, 5.74) is 3.68. The van der Waals surface area contributed by atoms with Gasteiger partial charge in [-0.1, -0.05) is 55.3 Å². The van der Waals surface area contributed by atoms with Crippen LogP contribution >= 0.6 is 0 Å². The van der Waals surface area contributed by atoms with Crippen LogP contribution in [0.4, 0.5) is 4.79 Å². The van der Waals surface area contributed by atoms with Gasteiger partial charge in [0, 0.05) is 31.2 Å². The van der Waals surface area contributed by atoms with E-state index in [1.165, 1.54) is 0 Å². The van der Waals surface area contributed by atoms with E-state index < -0.39 is 6.09 Å². The lowest BCUT2D eigenvalue weighted by atomic mass is 9.89. The topological polar surface area (TPSA) is 123 Å². The van der Waals surface area contributed by atoms with E-state index in [0.717, 1.165) is 42.5 Å². The molecule has 3 atom stereocenters. The third-order valence-electron chi connectivity index (χ3n) is 7.60. The van der Waals surface area contributed by atoms with E-state index in [1.807, 2.05) is 51.9 Å². The molecule has 1 saturated carbocycles. The second kappa shape index (κ2) is 11.5. The van der Waals surface area contributed by atoms with E-state index in [9.17, 15) is 14.7 Å². The number of carboxylic acid groups (broad SMARTS) is 1. The highest BCUT2D eigenvalue weighted by molar-refractivity contribution is 5.98. The summed E-state index contributed by atoms with van der Waals surface area (Å²) >= 11 is 0. The number of hydrogen-bond donors (Lipinski definition) is 3. The number of carbonyl (C=O) groups is 2. The highest BCUT2D eigenvalue weighted by atomic mass is 16.4. The molecule has 2 aromatic carbocycles. The number of carbonyl (C=O) groups excluding carboxylic acids is 1. The number of nitrogens with one attached hydrogen (secondary N) is 2. The van der Waals surface area contributed by atoms with Gasteiger partial charge in [-0.05, 0) is 37.0 Å². The zero-order valence-electron chi connectivity index (χ0n) is 21.2. The van der Waals surface area contributed by atoms with Gasteiger partial charge in [0.2, 0.25) is 0 Å². The van der Waals surface area contributed by atoms with Crippen LogP contribution in [0.5, 0.6) is 0 Å². The highest BCUT2D eigenvalue weighted by Crippen LogP contribution is 2.35. The van der Waals surface area contributed by atoms with E-state index in [0.29, 0.717) is 37.3 Å². The van der Waals surface area contributed by atoms with Crippen molar-refractivity contribution in [1.82, 2.24) is 25.1 Å². The molecule has 0 unspecified atom stereocenters. The summed E-state index contributed by atoms with van der Waals surface area (Å²) in [6, 6.07) is 19.0. The Balaban J connectivity index is 1.49. The zero-order valence-corrected chi connectivity index (χ0v) is 21.2. The number of imidazole rings is 1. The number of benzene rings is 2. The smallest absolute Gasteiger partial charge is 0.404 e. The summed E-state index contributed by atoms with van der Waals surface area (Å²) in [6.07, 6.45) is 4.84. The van der Waals surface area contributed by atoms with Crippen molar-refractivity contribution in [3.05, 3.63) is 77.7 Å². The molecule has 9 heteroatoms. The van der Waals surface area contributed by atoms with Crippen LogP contribution in [0.1, 0.15) is 53.3 Å².